The van der Waals surface area contributed by atoms with Gasteiger partial charge in [0, 0.05) is 55.7 Å². The quantitative estimate of drug-likeness (QED) is 0.426. The predicted octanol–water partition coefficient (Wildman–Crippen LogP) is 4.66. The van der Waals surface area contributed by atoms with Crippen molar-refractivity contribution in [3.8, 4) is 0 Å². The van der Waals surface area contributed by atoms with Gasteiger partial charge in [-0.25, -0.2) is 10.4 Å². The Bertz CT molecular complexity index is 807. The minimum atomic E-state index is -0.264. The molecule has 0 aromatic carbocycles. The van der Waals surface area contributed by atoms with Gasteiger partial charge in [0.15, 0.2) is 0 Å². The number of nitrogens with zero attached hydrogens (tertiary/aromatic N) is 2. The molecule has 9 rings (SSSR count). The van der Waals surface area contributed by atoms with E-state index in [1.54, 1.807) is 0 Å². The predicted molar refractivity (Wildman–Crippen MR) is 148 cm³/mol. The number of nitrogens with one attached hydrogen (secondary N) is 2. The van der Waals surface area contributed by atoms with Crippen LogP contribution in [0.3, 0.4) is 0 Å². The SMILES string of the molecule is CC1CC2CC3CCC4C(NNN4CCCOCC4CC(Cl)C(C(=O)N5CCC1C(C2)C5)C(Cl)C4)C3C. The molecule has 210 valence electrons. The number of piperidine rings is 1. The van der Waals surface area contributed by atoms with Crippen LogP contribution >= 0.6 is 23.2 Å². The van der Waals surface area contributed by atoms with Gasteiger partial charge in [0.1, 0.15) is 0 Å². The van der Waals surface area contributed by atoms with Gasteiger partial charge < -0.3 is 9.64 Å². The van der Waals surface area contributed by atoms with E-state index in [1.165, 1.54) is 32.1 Å². The molecule has 6 aliphatic heterocycles. The average Bonchev–Trinajstić information content (AvgIpc) is 3.28. The molecule has 2 N–H and O–H groups in total. The Morgan fingerprint density at radius 2 is 1.70 bits per heavy atom. The van der Waals surface area contributed by atoms with Crippen LogP contribution in [0.1, 0.15) is 71.6 Å². The number of ether oxygens (including phenoxy) is 1. The maximum atomic E-state index is 13.8. The summed E-state index contributed by atoms with van der Waals surface area (Å²) < 4.78 is 6.11. The molecular weight excluding hydrogens is 507 g/mol. The second kappa shape index (κ2) is 11.4. The summed E-state index contributed by atoms with van der Waals surface area (Å²) in [4.78, 5) is 15.9. The molecule has 0 aromatic heterocycles. The zero-order chi connectivity index (χ0) is 25.7. The van der Waals surface area contributed by atoms with Crippen LogP contribution in [0.2, 0.25) is 0 Å². The van der Waals surface area contributed by atoms with Gasteiger partial charge in [-0.2, -0.15) is 5.53 Å². The average molecular weight is 556 g/mol. The fourth-order valence-corrected chi connectivity index (χ4v) is 10.6. The molecule has 8 heteroatoms. The third-order valence-electron chi connectivity index (χ3n) is 11.4. The number of hydrazine groups is 2. The second-order valence-corrected chi connectivity index (χ2v) is 14.7. The Morgan fingerprint density at radius 3 is 2.51 bits per heavy atom. The van der Waals surface area contributed by atoms with E-state index in [1.807, 2.05) is 0 Å². The lowest BCUT2D eigenvalue weighted by atomic mass is 9.62. The van der Waals surface area contributed by atoms with Gasteiger partial charge >= 0.3 is 0 Å². The number of alkyl halides is 2. The molecule has 37 heavy (non-hydrogen) atoms. The molecule has 0 aromatic rings. The summed E-state index contributed by atoms with van der Waals surface area (Å²) >= 11 is 13.8. The summed E-state index contributed by atoms with van der Waals surface area (Å²) in [5, 5.41) is 2.04. The van der Waals surface area contributed by atoms with Crippen molar-refractivity contribution < 1.29 is 9.53 Å². The fraction of sp³-hybridized carbons (Fsp3) is 0.966. The number of carbonyl (C=O) groups excluding carboxylic acids is 1. The molecule has 6 saturated heterocycles. The van der Waals surface area contributed by atoms with Gasteiger partial charge in [-0.05, 0) is 99.2 Å². The zero-order valence-corrected chi connectivity index (χ0v) is 24.3. The Balaban J connectivity index is 1.20. The number of halogens is 2. The Kier molecular flexibility index (Phi) is 8.35. The van der Waals surface area contributed by atoms with Crippen molar-refractivity contribution in [2.75, 3.05) is 32.8 Å². The van der Waals surface area contributed by atoms with Crippen molar-refractivity contribution in [2.24, 2.45) is 47.3 Å². The summed E-state index contributed by atoms with van der Waals surface area (Å²) in [6.45, 7) is 9.20. The summed E-state index contributed by atoms with van der Waals surface area (Å²) in [5.41, 5.74) is 7.18. The molecule has 9 aliphatic rings. The highest BCUT2D eigenvalue weighted by molar-refractivity contribution is 6.26. The van der Waals surface area contributed by atoms with Gasteiger partial charge in [0.05, 0.1) is 5.92 Å². The third-order valence-corrected chi connectivity index (χ3v) is 12.3. The Hall–Kier alpha value is -0.110. The van der Waals surface area contributed by atoms with E-state index in [2.05, 4.69) is 34.7 Å². The monoisotopic (exact) mass is 554 g/mol. The van der Waals surface area contributed by atoms with E-state index in [-0.39, 0.29) is 22.6 Å². The van der Waals surface area contributed by atoms with Gasteiger partial charge in [-0.1, -0.05) is 13.8 Å². The van der Waals surface area contributed by atoms with E-state index >= 15 is 0 Å². The maximum absolute atomic E-state index is 13.8. The summed E-state index contributed by atoms with van der Waals surface area (Å²) in [6.07, 6.45) is 10.4. The molecule has 3 aliphatic carbocycles. The summed E-state index contributed by atoms with van der Waals surface area (Å²) in [5.74, 6) is 4.67. The molecule has 11 unspecified atom stereocenters. The lowest BCUT2D eigenvalue weighted by Gasteiger charge is -2.49. The Labute approximate surface area is 233 Å². The first-order chi connectivity index (χ1) is 17.9. The van der Waals surface area contributed by atoms with Crippen molar-refractivity contribution in [1.82, 2.24) is 20.9 Å². The second-order valence-electron chi connectivity index (χ2n) is 13.6. The zero-order valence-electron chi connectivity index (χ0n) is 22.8. The topological polar surface area (TPSA) is 56.8 Å². The van der Waals surface area contributed by atoms with Crippen LogP contribution in [-0.4, -0.2) is 71.5 Å². The van der Waals surface area contributed by atoms with Crippen LogP contribution in [-0.2, 0) is 9.53 Å². The van der Waals surface area contributed by atoms with E-state index in [0.29, 0.717) is 36.4 Å². The van der Waals surface area contributed by atoms with Crippen molar-refractivity contribution in [2.45, 2.75) is 94.5 Å². The molecule has 0 spiro atoms. The standard InChI is InChI=1S/C29H48Cl2N4O2/c1-17-10-19-11-21-4-5-26-28(18(21)2)32-33-35(26)7-3-9-37-16-20-13-24(30)27(25(31)14-20)29(36)34-8-6-23(17)22(12-19)15-34/h17-28,32-33H,3-16H2,1-2H3. The Morgan fingerprint density at radius 1 is 0.919 bits per heavy atom. The van der Waals surface area contributed by atoms with Crippen LogP contribution in [0.15, 0.2) is 0 Å². The highest BCUT2D eigenvalue weighted by Crippen LogP contribution is 2.48. The van der Waals surface area contributed by atoms with Gasteiger partial charge in [-0.15, -0.1) is 23.2 Å². The van der Waals surface area contributed by atoms with Crippen LogP contribution in [0, 0.1) is 47.3 Å². The van der Waals surface area contributed by atoms with E-state index < -0.39 is 0 Å². The summed E-state index contributed by atoms with van der Waals surface area (Å²) in [7, 11) is 0. The van der Waals surface area contributed by atoms with Crippen molar-refractivity contribution in [1.29, 1.82) is 0 Å². The first kappa shape index (κ1) is 27.1. The normalized spacial score (nSPS) is 51.3. The van der Waals surface area contributed by atoms with Crippen LogP contribution in [0.25, 0.3) is 0 Å². The molecule has 0 radical (unpaired) electrons. The number of rotatable bonds is 0. The molecule has 6 nitrogen and oxygen atoms in total. The smallest absolute Gasteiger partial charge is 0.228 e. The number of amides is 1. The molecular formula is C29H48Cl2N4O2. The van der Waals surface area contributed by atoms with Gasteiger partial charge in [0.2, 0.25) is 5.91 Å². The first-order valence-electron chi connectivity index (χ1n) is 15.3. The number of hydrogen-bond donors (Lipinski definition) is 2. The van der Waals surface area contributed by atoms with E-state index in [9.17, 15) is 4.79 Å². The molecule has 9 bridgehead atoms. The molecule has 6 heterocycles. The minimum Gasteiger partial charge on any atom is -0.381 e. The van der Waals surface area contributed by atoms with Crippen molar-refractivity contribution >= 4 is 29.1 Å². The minimum absolute atomic E-state index is 0.198. The van der Waals surface area contributed by atoms with Crippen LogP contribution < -0.4 is 11.0 Å². The lowest BCUT2D eigenvalue weighted by molar-refractivity contribution is -0.140. The first-order valence-corrected chi connectivity index (χ1v) is 16.2. The van der Waals surface area contributed by atoms with Gasteiger partial charge in [-0.3, -0.25) is 4.79 Å². The number of carbonyl (C=O) groups is 1. The number of hydrogen-bond acceptors (Lipinski definition) is 5. The third kappa shape index (κ3) is 5.46. The maximum Gasteiger partial charge on any atom is 0.228 e. The highest BCUT2D eigenvalue weighted by Gasteiger charge is 2.48. The van der Waals surface area contributed by atoms with Crippen molar-refractivity contribution in [3.05, 3.63) is 0 Å². The molecule has 9 fully saturated rings. The molecule has 3 saturated carbocycles. The van der Waals surface area contributed by atoms with E-state index in [0.717, 1.165) is 75.6 Å². The molecule has 1 amide bonds. The van der Waals surface area contributed by atoms with Crippen LogP contribution in [0.4, 0.5) is 0 Å². The highest BCUT2D eigenvalue weighted by atomic mass is 35.5. The van der Waals surface area contributed by atoms with Gasteiger partial charge in [0.25, 0.3) is 0 Å². The van der Waals surface area contributed by atoms with Crippen molar-refractivity contribution in [3.63, 3.8) is 0 Å². The largest absolute Gasteiger partial charge is 0.381 e. The fourth-order valence-electron chi connectivity index (χ4n) is 9.43. The molecule has 11 atom stereocenters. The van der Waals surface area contributed by atoms with E-state index in [4.69, 9.17) is 27.9 Å². The lowest BCUT2D eigenvalue weighted by Crippen LogP contribution is -2.53. The van der Waals surface area contributed by atoms with Crippen LogP contribution in [0.5, 0.6) is 0 Å². The summed E-state index contributed by atoms with van der Waals surface area (Å²) in [6, 6.07) is 1.11.